The highest BCUT2D eigenvalue weighted by Crippen LogP contribution is 2.36. The lowest BCUT2D eigenvalue weighted by atomic mass is 9.77. The summed E-state index contributed by atoms with van der Waals surface area (Å²) in [6, 6.07) is 10.4. The normalized spacial score (nSPS) is 25.8. The van der Waals surface area contributed by atoms with Crippen LogP contribution in [0.5, 0.6) is 0 Å². The van der Waals surface area contributed by atoms with Crippen LogP contribution in [-0.4, -0.2) is 6.29 Å². The second-order valence-corrected chi connectivity index (χ2v) is 4.31. The van der Waals surface area contributed by atoms with Gasteiger partial charge < -0.3 is 4.79 Å². The summed E-state index contributed by atoms with van der Waals surface area (Å²) in [5, 5.41) is 0. The zero-order valence-corrected chi connectivity index (χ0v) is 9.02. The van der Waals surface area contributed by atoms with E-state index in [1.165, 1.54) is 11.1 Å². The van der Waals surface area contributed by atoms with E-state index in [1.807, 2.05) is 18.2 Å². The smallest absolute Gasteiger partial charge is 0.124 e. The minimum absolute atomic E-state index is 0.163. The molecular weight excluding hydrogens is 184 g/mol. The van der Waals surface area contributed by atoms with E-state index in [0.717, 1.165) is 19.1 Å². The maximum absolute atomic E-state index is 11.0. The van der Waals surface area contributed by atoms with Crippen LogP contribution in [-0.2, 0) is 4.79 Å². The number of carbonyl (C=O) groups excluding carboxylic acids is 1. The second-order valence-electron chi connectivity index (χ2n) is 4.31. The zero-order valence-electron chi connectivity index (χ0n) is 9.02. The molecule has 0 saturated heterocycles. The third kappa shape index (κ3) is 2.17. The Bertz CT molecular complexity index is 364. The highest BCUT2D eigenvalue weighted by molar-refractivity contribution is 5.57. The average molecular weight is 200 g/mol. The minimum atomic E-state index is 0.163. The molecule has 2 atom stereocenters. The van der Waals surface area contributed by atoms with Gasteiger partial charge in [0.1, 0.15) is 6.29 Å². The largest absolute Gasteiger partial charge is 0.303 e. The van der Waals surface area contributed by atoms with E-state index in [1.54, 1.807) is 0 Å². The predicted octanol–water partition coefficient (Wildman–Crippen LogP) is 3.33. The van der Waals surface area contributed by atoms with Crippen LogP contribution in [0, 0.1) is 5.92 Å². The summed E-state index contributed by atoms with van der Waals surface area (Å²) in [4.78, 5) is 11.0. The van der Waals surface area contributed by atoms with Crippen LogP contribution >= 0.6 is 0 Å². The highest BCUT2D eigenvalue weighted by atomic mass is 16.1. The standard InChI is InChI=1S/C14H16O/c1-11-7-8-13(10-15)14(9-11)12-5-3-2-4-6-12/h2-7,10,13-14H,8-9H2,1H3. The Hall–Kier alpha value is -1.37. The van der Waals surface area contributed by atoms with Crippen molar-refractivity contribution in [2.75, 3.05) is 0 Å². The van der Waals surface area contributed by atoms with E-state index >= 15 is 0 Å². The minimum Gasteiger partial charge on any atom is -0.303 e. The molecule has 0 heterocycles. The summed E-state index contributed by atoms with van der Waals surface area (Å²) >= 11 is 0. The molecule has 1 heteroatoms. The van der Waals surface area contributed by atoms with Gasteiger partial charge >= 0.3 is 0 Å². The lowest BCUT2D eigenvalue weighted by Gasteiger charge is -2.27. The molecule has 0 N–H and O–H groups in total. The topological polar surface area (TPSA) is 17.1 Å². The number of benzene rings is 1. The molecule has 0 amide bonds. The SMILES string of the molecule is CC1=CCC(C=O)C(c2ccccc2)C1. The van der Waals surface area contributed by atoms with Gasteiger partial charge in [0.05, 0.1) is 0 Å². The molecule has 0 aromatic heterocycles. The Morgan fingerprint density at radius 1 is 1.27 bits per heavy atom. The first kappa shape index (κ1) is 10.2. The number of carbonyl (C=O) groups is 1. The van der Waals surface area contributed by atoms with Crippen molar-refractivity contribution in [3.8, 4) is 0 Å². The molecular formula is C14H16O. The summed E-state index contributed by atoms with van der Waals surface area (Å²) in [6.07, 6.45) is 5.22. The molecule has 15 heavy (non-hydrogen) atoms. The van der Waals surface area contributed by atoms with Crippen LogP contribution in [0.2, 0.25) is 0 Å². The van der Waals surface area contributed by atoms with Crippen LogP contribution in [0.15, 0.2) is 42.0 Å². The average Bonchev–Trinajstić information content (AvgIpc) is 2.30. The molecule has 0 radical (unpaired) electrons. The molecule has 1 aromatic rings. The van der Waals surface area contributed by atoms with Gasteiger partial charge in [-0.2, -0.15) is 0 Å². The number of allylic oxidation sites excluding steroid dienone is 2. The molecule has 1 aliphatic carbocycles. The van der Waals surface area contributed by atoms with Crippen molar-refractivity contribution in [3.05, 3.63) is 47.5 Å². The van der Waals surface area contributed by atoms with Crippen LogP contribution in [0.1, 0.15) is 31.2 Å². The van der Waals surface area contributed by atoms with Crippen molar-refractivity contribution in [3.63, 3.8) is 0 Å². The van der Waals surface area contributed by atoms with Gasteiger partial charge in [-0.15, -0.1) is 0 Å². The monoisotopic (exact) mass is 200 g/mol. The molecule has 1 nitrogen and oxygen atoms in total. The van der Waals surface area contributed by atoms with Crippen LogP contribution in [0.4, 0.5) is 0 Å². The van der Waals surface area contributed by atoms with Crippen molar-refractivity contribution in [1.29, 1.82) is 0 Å². The number of hydrogen-bond donors (Lipinski definition) is 0. The van der Waals surface area contributed by atoms with Crippen molar-refractivity contribution >= 4 is 6.29 Å². The van der Waals surface area contributed by atoms with Crippen molar-refractivity contribution in [2.45, 2.75) is 25.7 Å². The first-order valence-corrected chi connectivity index (χ1v) is 5.47. The van der Waals surface area contributed by atoms with Gasteiger partial charge in [-0.05, 0) is 31.2 Å². The van der Waals surface area contributed by atoms with Gasteiger partial charge in [-0.1, -0.05) is 42.0 Å². The fourth-order valence-corrected chi connectivity index (χ4v) is 2.30. The first-order chi connectivity index (χ1) is 7.31. The molecule has 78 valence electrons. The number of hydrogen-bond acceptors (Lipinski definition) is 1. The summed E-state index contributed by atoms with van der Waals surface area (Å²) in [5.41, 5.74) is 2.70. The molecule has 0 spiro atoms. The highest BCUT2D eigenvalue weighted by Gasteiger charge is 2.25. The van der Waals surface area contributed by atoms with E-state index in [2.05, 4.69) is 25.1 Å². The van der Waals surface area contributed by atoms with Gasteiger partial charge in [0.15, 0.2) is 0 Å². The fourth-order valence-electron chi connectivity index (χ4n) is 2.30. The molecule has 1 aromatic carbocycles. The van der Waals surface area contributed by atoms with E-state index in [0.29, 0.717) is 5.92 Å². The molecule has 2 rings (SSSR count). The Balaban J connectivity index is 2.27. The molecule has 0 fully saturated rings. The summed E-state index contributed by atoms with van der Waals surface area (Å²) in [5.74, 6) is 0.546. The van der Waals surface area contributed by atoms with Crippen LogP contribution < -0.4 is 0 Å². The molecule has 1 aliphatic rings. The third-order valence-corrected chi connectivity index (χ3v) is 3.20. The van der Waals surface area contributed by atoms with E-state index in [9.17, 15) is 4.79 Å². The Kier molecular flexibility index (Phi) is 3.00. The fraction of sp³-hybridized carbons (Fsp3) is 0.357. The van der Waals surface area contributed by atoms with Gasteiger partial charge in [0.25, 0.3) is 0 Å². The van der Waals surface area contributed by atoms with E-state index < -0.39 is 0 Å². The van der Waals surface area contributed by atoms with Crippen molar-refractivity contribution < 1.29 is 4.79 Å². The van der Waals surface area contributed by atoms with Crippen LogP contribution in [0.3, 0.4) is 0 Å². The second kappa shape index (κ2) is 4.43. The van der Waals surface area contributed by atoms with Crippen molar-refractivity contribution in [2.24, 2.45) is 5.92 Å². The molecule has 0 bridgehead atoms. The van der Waals surface area contributed by atoms with Crippen molar-refractivity contribution in [1.82, 2.24) is 0 Å². The number of aldehydes is 1. The van der Waals surface area contributed by atoms with Gasteiger partial charge in [-0.25, -0.2) is 0 Å². The zero-order chi connectivity index (χ0) is 10.7. The Labute approximate surface area is 90.8 Å². The number of rotatable bonds is 2. The third-order valence-electron chi connectivity index (χ3n) is 3.20. The first-order valence-electron chi connectivity index (χ1n) is 5.47. The van der Waals surface area contributed by atoms with E-state index in [-0.39, 0.29) is 5.92 Å². The van der Waals surface area contributed by atoms with Gasteiger partial charge in [0, 0.05) is 5.92 Å². The maximum atomic E-state index is 11.0. The Morgan fingerprint density at radius 3 is 2.67 bits per heavy atom. The summed E-state index contributed by atoms with van der Waals surface area (Å²) in [7, 11) is 0. The van der Waals surface area contributed by atoms with E-state index in [4.69, 9.17) is 0 Å². The molecule has 0 aliphatic heterocycles. The maximum Gasteiger partial charge on any atom is 0.124 e. The van der Waals surface area contributed by atoms with Crippen LogP contribution in [0.25, 0.3) is 0 Å². The van der Waals surface area contributed by atoms with Gasteiger partial charge in [-0.3, -0.25) is 0 Å². The quantitative estimate of drug-likeness (QED) is 0.528. The predicted molar refractivity (Wildman–Crippen MR) is 61.7 cm³/mol. The molecule has 2 unspecified atom stereocenters. The lowest BCUT2D eigenvalue weighted by molar-refractivity contribution is -0.111. The molecule has 0 saturated carbocycles. The summed E-state index contributed by atoms with van der Waals surface area (Å²) < 4.78 is 0. The van der Waals surface area contributed by atoms with Gasteiger partial charge in [0.2, 0.25) is 0 Å². The summed E-state index contributed by atoms with van der Waals surface area (Å²) in [6.45, 7) is 2.15. The lowest BCUT2D eigenvalue weighted by Crippen LogP contribution is -2.17. The Morgan fingerprint density at radius 2 is 2.00 bits per heavy atom.